The quantitative estimate of drug-likeness (QED) is 0.906. The highest BCUT2D eigenvalue weighted by molar-refractivity contribution is 7.86. The van der Waals surface area contributed by atoms with Crippen molar-refractivity contribution in [2.24, 2.45) is 5.73 Å². The van der Waals surface area contributed by atoms with Crippen molar-refractivity contribution in [3.63, 3.8) is 0 Å². The van der Waals surface area contributed by atoms with E-state index in [1.54, 1.807) is 7.05 Å². The van der Waals surface area contributed by atoms with Crippen molar-refractivity contribution in [3.8, 4) is 0 Å². The van der Waals surface area contributed by atoms with Gasteiger partial charge in [-0.05, 0) is 19.4 Å². The van der Waals surface area contributed by atoms with Crippen LogP contribution in [-0.4, -0.2) is 49.2 Å². The Morgan fingerprint density at radius 3 is 2.33 bits per heavy atom. The summed E-state index contributed by atoms with van der Waals surface area (Å²) in [6.45, 7) is 4.55. The van der Waals surface area contributed by atoms with Crippen LogP contribution in [0.3, 0.4) is 0 Å². The minimum atomic E-state index is -3.43. The normalized spacial score (nSPS) is 23.5. The molecule has 2 atom stereocenters. The van der Waals surface area contributed by atoms with Gasteiger partial charge in [0.15, 0.2) is 0 Å². The molecule has 0 spiro atoms. The van der Waals surface area contributed by atoms with E-state index in [-0.39, 0.29) is 30.4 Å². The van der Waals surface area contributed by atoms with Crippen LogP contribution in [0.5, 0.6) is 0 Å². The molecule has 0 aromatic heterocycles. The Labute approximate surface area is 133 Å². The molecule has 1 aliphatic heterocycles. The van der Waals surface area contributed by atoms with Crippen molar-refractivity contribution in [2.75, 3.05) is 20.1 Å². The van der Waals surface area contributed by atoms with Crippen LogP contribution < -0.4 is 5.73 Å². The van der Waals surface area contributed by atoms with Gasteiger partial charge >= 0.3 is 0 Å². The zero-order chi connectivity index (χ0) is 14.9. The molecule has 7 heteroatoms. The summed E-state index contributed by atoms with van der Waals surface area (Å²) in [6, 6.07) is 9.66. The highest BCUT2D eigenvalue weighted by Gasteiger charge is 2.39. The summed E-state index contributed by atoms with van der Waals surface area (Å²) >= 11 is 0. The lowest BCUT2D eigenvalue weighted by Gasteiger charge is -2.26. The van der Waals surface area contributed by atoms with Crippen molar-refractivity contribution < 1.29 is 8.42 Å². The third kappa shape index (κ3) is 3.76. The summed E-state index contributed by atoms with van der Waals surface area (Å²) < 4.78 is 27.9. The van der Waals surface area contributed by atoms with E-state index >= 15 is 0 Å². The Morgan fingerprint density at radius 1 is 1.24 bits per heavy atom. The van der Waals surface area contributed by atoms with Gasteiger partial charge in [-0.3, -0.25) is 0 Å². The fraction of sp³-hybridized carbons (Fsp3) is 0.571. The minimum absolute atomic E-state index is 0. The number of benzene rings is 1. The van der Waals surface area contributed by atoms with E-state index in [0.29, 0.717) is 13.1 Å². The van der Waals surface area contributed by atoms with E-state index < -0.39 is 10.2 Å². The highest BCUT2D eigenvalue weighted by Crippen LogP contribution is 2.29. The zero-order valence-electron chi connectivity index (χ0n) is 12.6. The maximum Gasteiger partial charge on any atom is 0.282 e. The van der Waals surface area contributed by atoms with Crippen LogP contribution in [0, 0.1) is 0 Å². The highest BCUT2D eigenvalue weighted by atomic mass is 35.5. The molecule has 0 amide bonds. The van der Waals surface area contributed by atoms with Crippen molar-refractivity contribution >= 4 is 22.6 Å². The second-order valence-electron chi connectivity index (χ2n) is 5.62. The molecule has 120 valence electrons. The lowest BCUT2D eigenvalue weighted by molar-refractivity contribution is 0.357. The van der Waals surface area contributed by atoms with Crippen molar-refractivity contribution in [1.29, 1.82) is 0 Å². The monoisotopic (exact) mass is 333 g/mol. The molecule has 1 saturated heterocycles. The molecule has 1 aromatic carbocycles. The van der Waals surface area contributed by atoms with Crippen LogP contribution in [0.25, 0.3) is 0 Å². The number of nitrogens with zero attached hydrogens (tertiary/aromatic N) is 2. The van der Waals surface area contributed by atoms with Crippen LogP contribution in [0.2, 0.25) is 0 Å². The summed E-state index contributed by atoms with van der Waals surface area (Å²) in [7, 11) is -1.81. The molecule has 0 aliphatic carbocycles. The first-order valence-electron chi connectivity index (χ1n) is 6.87. The SMILES string of the molecule is CC(C)N(C)S(=O)(=O)N1C[C@@H](N)[C@H](c2ccccc2)C1.Cl. The number of halogens is 1. The predicted octanol–water partition coefficient (Wildman–Crippen LogP) is 1.42. The fourth-order valence-corrected chi connectivity index (χ4v) is 4.09. The summed E-state index contributed by atoms with van der Waals surface area (Å²) in [4.78, 5) is 0. The van der Waals surface area contributed by atoms with Crippen LogP contribution in [0.15, 0.2) is 30.3 Å². The maximum atomic E-state index is 12.5. The molecular formula is C14H24ClN3O2S. The van der Waals surface area contributed by atoms with E-state index in [2.05, 4.69) is 0 Å². The third-order valence-corrected chi connectivity index (χ3v) is 6.08. The van der Waals surface area contributed by atoms with Crippen molar-refractivity contribution in [2.45, 2.75) is 31.8 Å². The van der Waals surface area contributed by atoms with E-state index in [1.165, 1.54) is 8.61 Å². The lowest BCUT2D eigenvalue weighted by atomic mass is 9.95. The van der Waals surface area contributed by atoms with Crippen molar-refractivity contribution in [1.82, 2.24) is 8.61 Å². The van der Waals surface area contributed by atoms with Gasteiger partial charge in [0.25, 0.3) is 10.2 Å². The molecule has 2 N–H and O–H groups in total. The second kappa shape index (κ2) is 7.07. The zero-order valence-corrected chi connectivity index (χ0v) is 14.3. The van der Waals surface area contributed by atoms with Crippen LogP contribution in [-0.2, 0) is 10.2 Å². The van der Waals surface area contributed by atoms with Gasteiger partial charge in [0.2, 0.25) is 0 Å². The minimum Gasteiger partial charge on any atom is -0.326 e. The van der Waals surface area contributed by atoms with Gasteiger partial charge in [-0.2, -0.15) is 17.0 Å². The standard InChI is InChI=1S/C14H23N3O2S.ClH/c1-11(2)16(3)20(18,19)17-9-13(14(15)10-17)12-7-5-4-6-8-12;/h4-8,11,13-14H,9-10,15H2,1-3H3;1H/t13-,14+;/m0./s1. The van der Waals surface area contributed by atoms with Crippen LogP contribution in [0.4, 0.5) is 0 Å². The van der Waals surface area contributed by atoms with Gasteiger partial charge in [0, 0.05) is 38.1 Å². The smallest absolute Gasteiger partial charge is 0.282 e. The molecule has 1 heterocycles. The molecule has 0 saturated carbocycles. The molecule has 1 aliphatic rings. The Bertz CT molecular complexity index is 551. The van der Waals surface area contributed by atoms with E-state index in [1.807, 2.05) is 44.2 Å². The van der Waals surface area contributed by atoms with Gasteiger partial charge in [0.1, 0.15) is 0 Å². The van der Waals surface area contributed by atoms with E-state index in [9.17, 15) is 8.42 Å². The first-order chi connectivity index (χ1) is 9.34. The molecule has 0 unspecified atom stereocenters. The molecular weight excluding hydrogens is 310 g/mol. The Morgan fingerprint density at radius 2 is 1.81 bits per heavy atom. The first kappa shape index (κ1) is 18.4. The van der Waals surface area contributed by atoms with Crippen LogP contribution >= 0.6 is 12.4 Å². The number of nitrogens with two attached hydrogens (primary N) is 1. The summed E-state index contributed by atoms with van der Waals surface area (Å²) in [5.74, 6) is 0.0616. The molecule has 5 nitrogen and oxygen atoms in total. The molecule has 0 bridgehead atoms. The lowest BCUT2D eigenvalue weighted by Crippen LogP contribution is -2.44. The maximum absolute atomic E-state index is 12.5. The molecule has 1 fully saturated rings. The fourth-order valence-electron chi connectivity index (χ4n) is 2.48. The van der Waals surface area contributed by atoms with Gasteiger partial charge in [-0.15, -0.1) is 12.4 Å². The molecule has 1 aromatic rings. The summed E-state index contributed by atoms with van der Waals surface area (Å²) in [5, 5.41) is 0. The topological polar surface area (TPSA) is 66.6 Å². The van der Waals surface area contributed by atoms with Gasteiger partial charge in [-0.1, -0.05) is 30.3 Å². The Balaban J connectivity index is 0.00000220. The Hall–Kier alpha value is -0.660. The molecule has 21 heavy (non-hydrogen) atoms. The second-order valence-corrected chi connectivity index (χ2v) is 7.60. The number of rotatable bonds is 4. The predicted molar refractivity (Wildman–Crippen MR) is 87.8 cm³/mol. The van der Waals surface area contributed by atoms with E-state index in [0.717, 1.165) is 5.56 Å². The number of hydrogen-bond donors (Lipinski definition) is 1. The van der Waals surface area contributed by atoms with Crippen molar-refractivity contribution in [3.05, 3.63) is 35.9 Å². The van der Waals surface area contributed by atoms with Gasteiger partial charge < -0.3 is 5.73 Å². The summed E-state index contributed by atoms with van der Waals surface area (Å²) in [6.07, 6.45) is 0. The first-order valence-corrected chi connectivity index (χ1v) is 8.27. The average Bonchev–Trinajstić information content (AvgIpc) is 2.81. The van der Waals surface area contributed by atoms with Gasteiger partial charge in [-0.25, -0.2) is 0 Å². The van der Waals surface area contributed by atoms with Crippen LogP contribution in [0.1, 0.15) is 25.3 Å². The third-order valence-electron chi connectivity index (χ3n) is 3.98. The largest absolute Gasteiger partial charge is 0.326 e. The molecule has 0 radical (unpaired) electrons. The Kier molecular flexibility index (Phi) is 6.19. The number of hydrogen-bond acceptors (Lipinski definition) is 3. The summed E-state index contributed by atoms with van der Waals surface area (Å²) in [5.41, 5.74) is 7.25. The average molecular weight is 334 g/mol. The van der Waals surface area contributed by atoms with Gasteiger partial charge in [0.05, 0.1) is 0 Å². The van der Waals surface area contributed by atoms with E-state index in [4.69, 9.17) is 5.73 Å². The molecule has 2 rings (SSSR count).